The van der Waals surface area contributed by atoms with E-state index in [4.69, 9.17) is 0 Å². The third kappa shape index (κ3) is 3.81. The lowest BCUT2D eigenvalue weighted by atomic mass is 10.3. The summed E-state index contributed by atoms with van der Waals surface area (Å²) in [4.78, 5) is 11.6. The Labute approximate surface area is 102 Å². The first kappa shape index (κ1) is 13.6. The molecule has 96 valence electrons. The van der Waals surface area contributed by atoms with Gasteiger partial charge in [0.2, 0.25) is 5.91 Å². The first-order chi connectivity index (χ1) is 8.06. The molecule has 0 aromatic carbocycles. The van der Waals surface area contributed by atoms with E-state index in [1.165, 1.54) is 0 Å². The fourth-order valence-electron chi connectivity index (χ4n) is 1.34. The van der Waals surface area contributed by atoms with Crippen LogP contribution in [0.1, 0.15) is 31.9 Å². The molecule has 0 aliphatic carbocycles. The van der Waals surface area contributed by atoms with Crippen LogP contribution in [0.3, 0.4) is 0 Å². The first-order valence-corrected chi connectivity index (χ1v) is 5.92. The molecule has 0 bridgehead atoms. The van der Waals surface area contributed by atoms with Gasteiger partial charge in [0.05, 0.1) is 12.6 Å². The Bertz CT molecular complexity index is 374. The predicted octanol–water partition coefficient (Wildman–Crippen LogP) is 0.128. The van der Waals surface area contributed by atoms with Crippen molar-refractivity contribution in [2.75, 3.05) is 6.54 Å². The summed E-state index contributed by atoms with van der Waals surface area (Å²) in [7, 11) is 1.91. The number of carbonyl (C=O) groups excluding carboxylic acids is 1. The van der Waals surface area contributed by atoms with Crippen molar-refractivity contribution in [1.29, 1.82) is 0 Å². The summed E-state index contributed by atoms with van der Waals surface area (Å²) in [5.74, 6) is 1.72. The molecule has 6 heteroatoms. The van der Waals surface area contributed by atoms with Crippen molar-refractivity contribution in [2.45, 2.75) is 39.8 Å². The first-order valence-electron chi connectivity index (χ1n) is 5.92. The summed E-state index contributed by atoms with van der Waals surface area (Å²) in [6.45, 7) is 7.02. The zero-order valence-corrected chi connectivity index (χ0v) is 10.9. The maximum absolute atomic E-state index is 11.6. The van der Waals surface area contributed by atoms with Gasteiger partial charge in [0.1, 0.15) is 11.6 Å². The fraction of sp³-hybridized carbons (Fsp3) is 0.727. The van der Waals surface area contributed by atoms with Crippen LogP contribution in [0.4, 0.5) is 0 Å². The molecule has 1 amide bonds. The van der Waals surface area contributed by atoms with Gasteiger partial charge >= 0.3 is 0 Å². The molecule has 0 radical (unpaired) electrons. The van der Waals surface area contributed by atoms with Gasteiger partial charge in [0.25, 0.3) is 0 Å². The molecule has 1 atom stereocenters. The molecule has 1 aromatic rings. The second-order valence-electron chi connectivity index (χ2n) is 4.12. The molecule has 0 fully saturated rings. The van der Waals surface area contributed by atoms with Crippen LogP contribution >= 0.6 is 0 Å². The van der Waals surface area contributed by atoms with E-state index in [-0.39, 0.29) is 11.9 Å². The molecule has 2 N–H and O–H groups in total. The maximum Gasteiger partial charge on any atom is 0.236 e. The monoisotopic (exact) mass is 239 g/mol. The van der Waals surface area contributed by atoms with E-state index in [9.17, 15) is 4.79 Å². The second-order valence-corrected chi connectivity index (χ2v) is 4.12. The molecule has 1 aromatic heterocycles. The molecule has 0 saturated carbocycles. The number of nitrogens with zero attached hydrogens (tertiary/aromatic N) is 3. The average Bonchev–Trinajstić information content (AvgIpc) is 2.64. The molecular weight excluding hydrogens is 218 g/mol. The molecule has 0 spiro atoms. The van der Waals surface area contributed by atoms with Crippen LogP contribution in [-0.2, 0) is 18.4 Å². The van der Waals surface area contributed by atoms with Crippen molar-refractivity contribution in [2.24, 2.45) is 7.05 Å². The highest BCUT2D eigenvalue weighted by atomic mass is 16.2. The van der Waals surface area contributed by atoms with Crippen LogP contribution in [-0.4, -0.2) is 33.3 Å². The summed E-state index contributed by atoms with van der Waals surface area (Å²) < 4.78 is 1.91. The minimum atomic E-state index is -0.224. The predicted molar refractivity (Wildman–Crippen MR) is 65.3 cm³/mol. The summed E-state index contributed by atoms with van der Waals surface area (Å²) >= 11 is 0. The van der Waals surface area contributed by atoms with E-state index in [0.717, 1.165) is 18.1 Å². The van der Waals surface area contributed by atoms with Crippen molar-refractivity contribution in [3.05, 3.63) is 11.6 Å². The zero-order valence-electron chi connectivity index (χ0n) is 10.9. The Morgan fingerprint density at radius 1 is 1.47 bits per heavy atom. The largest absolute Gasteiger partial charge is 0.355 e. The number of aryl methyl sites for hydroxylation is 1. The number of aromatic nitrogens is 3. The highest BCUT2D eigenvalue weighted by Crippen LogP contribution is 1.97. The van der Waals surface area contributed by atoms with E-state index in [2.05, 4.69) is 20.8 Å². The third-order valence-electron chi connectivity index (χ3n) is 2.69. The third-order valence-corrected chi connectivity index (χ3v) is 2.69. The van der Waals surface area contributed by atoms with Crippen LogP contribution in [0.5, 0.6) is 0 Å². The SMILES string of the molecule is CCCNC(=O)C(C)NCc1nnc(C)n1C. The molecule has 0 aliphatic heterocycles. The van der Waals surface area contributed by atoms with Crippen molar-refractivity contribution in [3.63, 3.8) is 0 Å². The molecule has 6 nitrogen and oxygen atoms in total. The normalized spacial score (nSPS) is 12.5. The lowest BCUT2D eigenvalue weighted by molar-refractivity contribution is -0.122. The number of amides is 1. The van der Waals surface area contributed by atoms with Gasteiger partial charge in [0, 0.05) is 13.6 Å². The smallest absolute Gasteiger partial charge is 0.236 e. The average molecular weight is 239 g/mol. The number of carbonyl (C=O) groups is 1. The van der Waals surface area contributed by atoms with Crippen LogP contribution in [0.25, 0.3) is 0 Å². The van der Waals surface area contributed by atoms with Gasteiger partial charge in [-0.1, -0.05) is 6.92 Å². The second kappa shape index (κ2) is 6.34. The fourth-order valence-corrected chi connectivity index (χ4v) is 1.34. The highest BCUT2D eigenvalue weighted by Gasteiger charge is 2.12. The molecule has 1 rings (SSSR count). The summed E-state index contributed by atoms with van der Waals surface area (Å²) in [6, 6.07) is -0.224. The molecule has 17 heavy (non-hydrogen) atoms. The summed E-state index contributed by atoms with van der Waals surface area (Å²) in [5.41, 5.74) is 0. The molecule has 0 saturated heterocycles. The van der Waals surface area contributed by atoms with Gasteiger partial charge in [-0.05, 0) is 20.3 Å². The highest BCUT2D eigenvalue weighted by molar-refractivity contribution is 5.81. The van der Waals surface area contributed by atoms with Gasteiger partial charge in [-0.15, -0.1) is 10.2 Å². The van der Waals surface area contributed by atoms with Gasteiger partial charge in [-0.3, -0.25) is 10.1 Å². The Hall–Kier alpha value is -1.43. The van der Waals surface area contributed by atoms with E-state index < -0.39 is 0 Å². The maximum atomic E-state index is 11.6. The van der Waals surface area contributed by atoms with Crippen molar-refractivity contribution < 1.29 is 4.79 Å². The lowest BCUT2D eigenvalue weighted by Gasteiger charge is -2.13. The van der Waals surface area contributed by atoms with Gasteiger partial charge < -0.3 is 9.88 Å². The molecule has 0 aliphatic rings. The number of nitrogens with one attached hydrogen (secondary N) is 2. The van der Waals surface area contributed by atoms with Gasteiger partial charge in [-0.25, -0.2) is 0 Å². The Balaban J connectivity index is 2.40. The number of hydrogen-bond donors (Lipinski definition) is 2. The summed E-state index contributed by atoms with van der Waals surface area (Å²) in [6.07, 6.45) is 0.945. The van der Waals surface area contributed by atoms with E-state index in [0.29, 0.717) is 13.1 Å². The topological polar surface area (TPSA) is 71.8 Å². The van der Waals surface area contributed by atoms with E-state index in [1.54, 1.807) is 0 Å². The molecular formula is C11H21N5O. The van der Waals surface area contributed by atoms with Gasteiger partial charge in [0.15, 0.2) is 0 Å². The van der Waals surface area contributed by atoms with Crippen molar-refractivity contribution >= 4 is 5.91 Å². The lowest BCUT2D eigenvalue weighted by Crippen LogP contribution is -2.42. The van der Waals surface area contributed by atoms with Crippen LogP contribution in [0, 0.1) is 6.92 Å². The molecule has 1 unspecified atom stereocenters. The van der Waals surface area contributed by atoms with E-state index in [1.807, 2.05) is 32.4 Å². The number of hydrogen-bond acceptors (Lipinski definition) is 4. The minimum Gasteiger partial charge on any atom is -0.355 e. The summed E-state index contributed by atoms with van der Waals surface area (Å²) in [5, 5.41) is 14.0. The van der Waals surface area contributed by atoms with Crippen molar-refractivity contribution in [3.8, 4) is 0 Å². The zero-order chi connectivity index (χ0) is 12.8. The molecule has 1 heterocycles. The van der Waals surface area contributed by atoms with Gasteiger partial charge in [-0.2, -0.15) is 0 Å². The number of rotatable bonds is 6. The Kier molecular flexibility index (Phi) is 5.09. The standard InChI is InChI=1S/C11H21N5O/c1-5-6-12-11(17)8(2)13-7-10-15-14-9(3)16(10)4/h8,13H,5-7H2,1-4H3,(H,12,17). The van der Waals surface area contributed by atoms with Crippen LogP contribution in [0.2, 0.25) is 0 Å². The van der Waals surface area contributed by atoms with E-state index >= 15 is 0 Å². The Morgan fingerprint density at radius 2 is 2.18 bits per heavy atom. The van der Waals surface area contributed by atoms with Crippen LogP contribution < -0.4 is 10.6 Å². The van der Waals surface area contributed by atoms with Crippen LogP contribution in [0.15, 0.2) is 0 Å². The minimum absolute atomic E-state index is 0.0192. The Morgan fingerprint density at radius 3 is 2.71 bits per heavy atom. The van der Waals surface area contributed by atoms with Crippen molar-refractivity contribution in [1.82, 2.24) is 25.4 Å². The quantitative estimate of drug-likeness (QED) is 0.740.